The van der Waals surface area contributed by atoms with Crippen LogP contribution in [0.2, 0.25) is 0 Å². The number of nitrogens with two attached hydrogens (primary N) is 2. The first kappa shape index (κ1) is 31.0. The number of anilines is 2. The first-order valence-corrected chi connectivity index (χ1v) is 16.6. The van der Waals surface area contributed by atoms with Crippen molar-refractivity contribution in [1.82, 2.24) is 39.0 Å². The number of imidazole rings is 2. The van der Waals surface area contributed by atoms with Gasteiger partial charge in [-0.05, 0) is 11.8 Å². The van der Waals surface area contributed by atoms with Crippen LogP contribution >= 0.6 is 15.0 Å². The van der Waals surface area contributed by atoms with Crippen LogP contribution in [-0.2, 0) is 39.4 Å². The lowest BCUT2D eigenvalue weighted by molar-refractivity contribution is -0.0443. The molecule has 0 bridgehead atoms. The molecule has 2 fully saturated rings. The van der Waals surface area contributed by atoms with Crippen LogP contribution in [0.15, 0.2) is 25.3 Å². The summed E-state index contributed by atoms with van der Waals surface area (Å²) in [4.78, 5) is 43.2. The maximum atomic E-state index is 15.8. The summed E-state index contributed by atoms with van der Waals surface area (Å²) in [6.45, 7) is -3.72. The van der Waals surface area contributed by atoms with E-state index in [4.69, 9.17) is 34.5 Å². The average molecular weight is 678 g/mol. The molecule has 6 heterocycles. The van der Waals surface area contributed by atoms with E-state index in [-0.39, 0.29) is 22.8 Å². The first-order valence-electron chi connectivity index (χ1n) is 12.8. The number of hydrogen-bond donors (Lipinski definition) is 4. The van der Waals surface area contributed by atoms with Crippen LogP contribution in [0.25, 0.3) is 22.3 Å². The minimum absolute atomic E-state index is 0.0445. The minimum Gasteiger partial charge on any atom is -0.382 e. The Hall–Kier alpha value is -2.97. The molecule has 9 atom stereocenters. The van der Waals surface area contributed by atoms with E-state index in [0.717, 1.165) is 6.33 Å². The Morgan fingerprint density at radius 1 is 0.932 bits per heavy atom. The number of ether oxygens (including phenoxy) is 2. The molecule has 2 aliphatic rings. The van der Waals surface area contributed by atoms with E-state index < -0.39 is 77.2 Å². The summed E-state index contributed by atoms with van der Waals surface area (Å²) in [6, 6.07) is 0. The van der Waals surface area contributed by atoms with Gasteiger partial charge in [0.05, 0.1) is 19.3 Å². The number of alkyl halides is 2. The van der Waals surface area contributed by atoms with Gasteiger partial charge in [0.25, 0.3) is 0 Å². The quantitative estimate of drug-likeness (QED) is 0.172. The molecular formula is C21H25F2N10O8P2S+. The van der Waals surface area contributed by atoms with Crippen LogP contribution in [0.4, 0.5) is 20.4 Å². The minimum atomic E-state index is -4.17. The molecule has 2 aliphatic heterocycles. The van der Waals surface area contributed by atoms with Gasteiger partial charge in [-0.2, -0.15) is 0 Å². The predicted molar refractivity (Wildman–Crippen MR) is 149 cm³/mol. The zero-order chi connectivity index (χ0) is 31.3. The lowest BCUT2D eigenvalue weighted by Gasteiger charge is -2.17. The zero-order valence-electron chi connectivity index (χ0n) is 22.5. The van der Waals surface area contributed by atoms with E-state index in [0.29, 0.717) is 11.2 Å². The Bertz CT molecular complexity index is 1750. The van der Waals surface area contributed by atoms with Gasteiger partial charge in [0.1, 0.15) is 54.9 Å². The lowest BCUT2D eigenvalue weighted by atomic mass is 10.0. The lowest BCUT2D eigenvalue weighted by Crippen LogP contribution is -2.33. The normalized spacial score (nSPS) is 29.6. The number of nitrogen functional groups attached to an aromatic ring is 2. The number of halogens is 2. The molecule has 4 aromatic heterocycles. The number of hydrogen-bond acceptors (Lipinski definition) is 15. The molecule has 4 aromatic rings. The Morgan fingerprint density at radius 2 is 1.50 bits per heavy atom. The van der Waals surface area contributed by atoms with Crippen molar-refractivity contribution in [3.05, 3.63) is 25.3 Å². The standard InChI is InChI=1S/C21H24F2N10O8P2S/c1-8-11(22)9(39-20(8)32-6-30-13-16(24)26-4-28-18(13)32)2-37-42(34)41-15-10(3-38-43(35,36)44)40-21(12(15)23)33-7-31-14-17(25)27-5-29-19(14)33/h4-12,15,20-21H,2-3H2,1H3,(H5-,24,25,26,27,28,29,35,36,44)/p+1/t8-,9-,10-,11+,12-,15-,20-,21-/m1/s1. The van der Waals surface area contributed by atoms with E-state index >= 15 is 8.78 Å². The van der Waals surface area contributed by atoms with Gasteiger partial charge in [0, 0.05) is 10.5 Å². The number of rotatable bonds is 10. The fourth-order valence-corrected chi connectivity index (χ4v) is 6.35. The van der Waals surface area contributed by atoms with Gasteiger partial charge >= 0.3 is 15.0 Å². The van der Waals surface area contributed by atoms with Gasteiger partial charge in [0.15, 0.2) is 41.4 Å². The highest BCUT2D eigenvalue weighted by molar-refractivity contribution is 8.06. The van der Waals surface area contributed by atoms with Crippen molar-refractivity contribution >= 4 is 60.7 Å². The van der Waals surface area contributed by atoms with E-state index in [1.54, 1.807) is 6.92 Å². The topological polar surface area (TPSA) is 243 Å². The second-order valence-corrected chi connectivity index (χ2v) is 13.5. The molecule has 0 aromatic carbocycles. The number of nitrogens with zero attached hydrogens (tertiary/aromatic N) is 8. The largest absolute Gasteiger partial charge is 0.697 e. The molecule has 0 amide bonds. The van der Waals surface area contributed by atoms with E-state index in [1.165, 1.54) is 28.1 Å². The second-order valence-electron chi connectivity index (χ2n) is 9.92. The summed E-state index contributed by atoms with van der Waals surface area (Å²) in [6.07, 6.45) is -5.01. The van der Waals surface area contributed by atoms with Gasteiger partial charge in [-0.25, -0.2) is 38.7 Å². The van der Waals surface area contributed by atoms with Crippen molar-refractivity contribution in [2.45, 2.75) is 50.0 Å². The Balaban J connectivity index is 1.14. The van der Waals surface area contributed by atoms with E-state index in [9.17, 15) is 14.4 Å². The third kappa shape index (κ3) is 5.87. The smallest absolute Gasteiger partial charge is 0.382 e. The molecule has 0 saturated carbocycles. The van der Waals surface area contributed by atoms with E-state index in [2.05, 4.69) is 41.7 Å². The summed E-state index contributed by atoms with van der Waals surface area (Å²) in [7, 11) is -3.08. The third-order valence-electron chi connectivity index (χ3n) is 7.17. The molecule has 0 spiro atoms. The fourth-order valence-electron chi connectivity index (χ4n) is 5.05. The van der Waals surface area contributed by atoms with Crippen molar-refractivity contribution in [2.75, 3.05) is 24.7 Å². The molecule has 0 aliphatic carbocycles. The van der Waals surface area contributed by atoms with Gasteiger partial charge in [-0.3, -0.25) is 9.13 Å². The van der Waals surface area contributed by atoms with Gasteiger partial charge in [-0.15, -0.1) is 9.05 Å². The monoisotopic (exact) mass is 677 g/mol. The van der Waals surface area contributed by atoms with Crippen molar-refractivity contribution < 1.29 is 46.2 Å². The van der Waals surface area contributed by atoms with Crippen LogP contribution in [-0.4, -0.2) is 92.7 Å². The highest BCUT2D eigenvalue weighted by Crippen LogP contribution is 2.44. The van der Waals surface area contributed by atoms with Crippen LogP contribution in [0.5, 0.6) is 0 Å². The molecule has 23 heteroatoms. The zero-order valence-corrected chi connectivity index (χ0v) is 25.1. The van der Waals surface area contributed by atoms with Gasteiger partial charge < -0.3 is 35.3 Å². The molecule has 44 heavy (non-hydrogen) atoms. The maximum absolute atomic E-state index is 15.8. The number of fused-ring (bicyclic) bond motifs is 2. The molecule has 6 N–H and O–H groups in total. The molecule has 1 unspecified atom stereocenters. The van der Waals surface area contributed by atoms with Gasteiger partial charge in [0.2, 0.25) is 0 Å². The highest BCUT2D eigenvalue weighted by atomic mass is 32.5. The van der Waals surface area contributed by atoms with Crippen molar-refractivity contribution in [3.63, 3.8) is 0 Å². The van der Waals surface area contributed by atoms with Crippen LogP contribution < -0.4 is 11.5 Å². The summed E-state index contributed by atoms with van der Waals surface area (Å²) < 4.78 is 73.7. The fraction of sp³-hybridized carbons (Fsp3) is 0.524. The van der Waals surface area contributed by atoms with Crippen LogP contribution in [0.1, 0.15) is 19.4 Å². The molecule has 0 radical (unpaired) electrons. The van der Waals surface area contributed by atoms with Crippen LogP contribution in [0, 0.1) is 5.92 Å². The summed E-state index contributed by atoms with van der Waals surface area (Å²) in [5, 5.41) is 0. The predicted octanol–water partition coefficient (Wildman–Crippen LogP) is 1.22. The highest BCUT2D eigenvalue weighted by Gasteiger charge is 2.53. The van der Waals surface area contributed by atoms with E-state index in [1.807, 2.05) is 0 Å². The molecule has 236 valence electrons. The van der Waals surface area contributed by atoms with Gasteiger partial charge in [-0.1, -0.05) is 6.92 Å². The Kier molecular flexibility index (Phi) is 8.52. The molecule has 6 rings (SSSR count). The summed E-state index contributed by atoms with van der Waals surface area (Å²) >= 11 is 4.47. The van der Waals surface area contributed by atoms with Crippen molar-refractivity contribution in [1.29, 1.82) is 0 Å². The Morgan fingerprint density at radius 3 is 2.09 bits per heavy atom. The molecular weight excluding hydrogens is 652 g/mol. The summed E-state index contributed by atoms with van der Waals surface area (Å²) in [5.74, 6) is -0.503. The van der Waals surface area contributed by atoms with Crippen molar-refractivity contribution in [2.24, 2.45) is 5.92 Å². The maximum Gasteiger partial charge on any atom is 0.697 e. The Labute approximate surface area is 251 Å². The average Bonchev–Trinajstić information content (AvgIpc) is 3.73. The summed E-state index contributed by atoms with van der Waals surface area (Å²) in [5.41, 5.74) is 12.6. The number of aromatic nitrogens is 8. The molecule has 2 saturated heterocycles. The van der Waals surface area contributed by atoms with Crippen LogP contribution in [0.3, 0.4) is 0 Å². The second kappa shape index (κ2) is 12.1. The SMILES string of the molecule is C[C@@H]1[C@H](F)[C@@H](CO[P+](=O)O[C@H]2[C@@H](F)[C@H](n3cnc4c(N)ncnc43)O[C@@H]2COP(O)(O)=S)O[C@H]1n1cnc2c(N)ncnc21. The third-order valence-corrected chi connectivity index (χ3v) is 8.75. The van der Waals surface area contributed by atoms with Crippen molar-refractivity contribution in [3.8, 4) is 0 Å². The molecule has 18 nitrogen and oxygen atoms in total. The first-order chi connectivity index (χ1) is 20.9.